The van der Waals surface area contributed by atoms with Crippen molar-refractivity contribution < 1.29 is 28.6 Å². The molecule has 0 bridgehead atoms. The number of esters is 3. The van der Waals surface area contributed by atoms with Gasteiger partial charge in [-0.1, -0.05) is 254 Å². The van der Waals surface area contributed by atoms with E-state index in [-0.39, 0.29) is 37.5 Å². The van der Waals surface area contributed by atoms with E-state index in [4.69, 9.17) is 14.2 Å². The monoisotopic (exact) mass is 947 g/mol. The molecule has 1 unspecified atom stereocenters. The molecule has 68 heavy (non-hydrogen) atoms. The smallest absolute Gasteiger partial charge is 0.306 e. The van der Waals surface area contributed by atoms with Gasteiger partial charge in [0.2, 0.25) is 0 Å². The summed E-state index contributed by atoms with van der Waals surface area (Å²) < 4.78 is 16.8. The molecule has 1 atom stereocenters. The van der Waals surface area contributed by atoms with Crippen LogP contribution in [-0.4, -0.2) is 37.2 Å². The predicted molar refractivity (Wildman–Crippen MR) is 293 cm³/mol. The van der Waals surface area contributed by atoms with Gasteiger partial charge in [-0.2, -0.15) is 0 Å². The number of allylic oxidation sites excluding steroid dienone is 14. The minimum atomic E-state index is -0.812. The second-order valence-electron chi connectivity index (χ2n) is 18.9. The highest BCUT2D eigenvalue weighted by molar-refractivity contribution is 5.71. The maximum atomic E-state index is 12.8. The van der Waals surface area contributed by atoms with Crippen molar-refractivity contribution in [2.24, 2.45) is 0 Å². The Labute approximate surface area is 420 Å². The number of carbonyl (C=O) groups is 3. The summed E-state index contributed by atoms with van der Waals surface area (Å²) in [7, 11) is 0. The minimum Gasteiger partial charge on any atom is -0.462 e. The van der Waals surface area contributed by atoms with Gasteiger partial charge in [0.05, 0.1) is 0 Å². The van der Waals surface area contributed by atoms with Crippen molar-refractivity contribution in [2.75, 3.05) is 13.2 Å². The molecule has 6 nitrogen and oxygen atoms in total. The number of unbranched alkanes of at least 4 members (excludes halogenated alkanes) is 30. The molecule has 0 radical (unpaired) electrons. The Bertz CT molecular complexity index is 1320. The highest BCUT2D eigenvalue weighted by Gasteiger charge is 2.19. The molecule has 0 rings (SSSR count). The molecule has 0 aromatic rings. The van der Waals surface area contributed by atoms with Crippen molar-refractivity contribution in [1.82, 2.24) is 0 Å². The largest absolute Gasteiger partial charge is 0.462 e. The molecule has 6 heteroatoms. The van der Waals surface area contributed by atoms with Gasteiger partial charge < -0.3 is 14.2 Å². The molecule has 0 spiro atoms. The lowest BCUT2D eigenvalue weighted by atomic mass is 10.1. The quantitative estimate of drug-likeness (QED) is 0.0199. The van der Waals surface area contributed by atoms with Gasteiger partial charge in [-0.3, -0.25) is 14.4 Å². The van der Waals surface area contributed by atoms with Crippen molar-refractivity contribution in [1.29, 1.82) is 0 Å². The van der Waals surface area contributed by atoms with E-state index in [9.17, 15) is 14.4 Å². The van der Waals surface area contributed by atoms with Gasteiger partial charge in [0.15, 0.2) is 6.10 Å². The first-order chi connectivity index (χ1) is 33.5. The van der Waals surface area contributed by atoms with E-state index in [1.165, 1.54) is 161 Å². The summed E-state index contributed by atoms with van der Waals surface area (Å²) in [6.07, 6.45) is 73.0. The normalized spacial score (nSPS) is 12.7. The van der Waals surface area contributed by atoms with Gasteiger partial charge in [0, 0.05) is 19.3 Å². The van der Waals surface area contributed by atoms with E-state index in [2.05, 4.69) is 51.2 Å². The molecule has 0 amide bonds. The Balaban J connectivity index is 4.44. The lowest BCUT2D eigenvalue weighted by Gasteiger charge is -2.18. The van der Waals surface area contributed by atoms with Crippen molar-refractivity contribution in [3.63, 3.8) is 0 Å². The molecule has 0 N–H and O–H groups in total. The molecule has 0 aliphatic heterocycles. The summed E-state index contributed by atoms with van der Waals surface area (Å²) in [6.45, 7) is 6.44. The Morgan fingerprint density at radius 3 is 0.985 bits per heavy atom. The molecule has 0 aromatic heterocycles. The highest BCUT2D eigenvalue weighted by Crippen LogP contribution is 2.15. The van der Waals surface area contributed by atoms with Gasteiger partial charge in [-0.25, -0.2) is 0 Å². The highest BCUT2D eigenvalue weighted by atomic mass is 16.6. The zero-order chi connectivity index (χ0) is 49.3. The fourth-order valence-corrected chi connectivity index (χ4v) is 7.93. The summed E-state index contributed by atoms with van der Waals surface area (Å²) in [5.74, 6) is -0.989. The summed E-state index contributed by atoms with van der Waals surface area (Å²) >= 11 is 0. The molecule has 390 valence electrons. The third-order valence-corrected chi connectivity index (χ3v) is 12.2. The van der Waals surface area contributed by atoms with E-state index in [1.54, 1.807) is 0 Å². The van der Waals surface area contributed by atoms with Crippen LogP contribution in [0.4, 0.5) is 0 Å². The van der Waals surface area contributed by atoms with Crippen LogP contribution in [0, 0.1) is 0 Å². The van der Waals surface area contributed by atoms with Crippen molar-refractivity contribution in [3.8, 4) is 0 Å². The minimum absolute atomic E-state index is 0.104. The third kappa shape index (κ3) is 53.5. The fourth-order valence-electron chi connectivity index (χ4n) is 7.93. The number of ether oxygens (including phenoxy) is 3. The summed E-state index contributed by atoms with van der Waals surface area (Å²) in [5.41, 5.74) is 0. The summed E-state index contributed by atoms with van der Waals surface area (Å²) in [5, 5.41) is 0. The van der Waals surface area contributed by atoms with Crippen LogP contribution in [-0.2, 0) is 28.6 Å². The first-order valence-electron chi connectivity index (χ1n) is 28.7. The van der Waals surface area contributed by atoms with E-state index < -0.39 is 6.10 Å². The molecule has 0 aromatic carbocycles. The van der Waals surface area contributed by atoms with Crippen molar-refractivity contribution in [3.05, 3.63) is 85.1 Å². The van der Waals surface area contributed by atoms with Gasteiger partial charge in [0.1, 0.15) is 13.2 Å². The van der Waals surface area contributed by atoms with Crippen LogP contribution in [0.1, 0.15) is 271 Å². The maximum absolute atomic E-state index is 12.8. The molecule has 0 saturated heterocycles. The van der Waals surface area contributed by atoms with Crippen LogP contribution in [0.15, 0.2) is 85.1 Å². The second kappa shape index (κ2) is 56.2. The van der Waals surface area contributed by atoms with E-state index in [0.717, 1.165) is 64.2 Å². The molecular weight excluding hydrogens is 841 g/mol. The molecule has 0 aliphatic carbocycles. The lowest BCUT2D eigenvalue weighted by molar-refractivity contribution is -0.167. The van der Waals surface area contributed by atoms with Gasteiger partial charge in [0.25, 0.3) is 0 Å². The average Bonchev–Trinajstić information content (AvgIpc) is 3.34. The van der Waals surface area contributed by atoms with E-state index in [0.29, 0.717) is 19.3 Å². The zero-order valence-corrected chi connectivity index (χ0v) is 44.6. The molecule has 0 saturated carbocycles. The topological polar surface area (TPSA) is 78.9 Å². The zero-order valence-electron chi connectivity index (χ0n) is 44.6. The summed E-state index contributed by atoms with van der Waals surface area (Å²) in [6, 6.07) is 0. The summed E-state index contributed by atoms with van der Waals surface area (Å²) in [4.78, 5) is 38.1. The first-order valence-corrected chi connectivity index (χ1v) is 28.7. The number of carbonyl (C=O) groups excluding carboxylic acids is 3. The van der Waals surface area contributed by atoms with Crippen LogP contribution in [0.25, 0.3) is 0 Å². The Morgan fingerprint density at radius 2 is 0.603 bits per heavy atom. The van der Waals surface area contributed by atoms with Crippen molar-refractivity contribution >= 4 is 17.9 Å². The maximum Gasteiger partial charge on any atom is 0.306 e. The second-order valence-corrected chi connectivity index (χ2v) is 18.9. The van der Waals surface area contributed by atoms with Crippen LogP contribution in [0.3, 0.4) is 0 Å². The molecule has 0 aliphatic rings. The fraction of sp³-hybridized carbons (Fsp3) is 0.726. The van der Waals surface area contributed by atoms with E-state index in [1.807, 2.05) is 54.7 Å². The van der Waals surface area contributed by atoms with Crippen LogP contribution < -0.4 is 0 Å². The van der Waals surface area contributed by atoms with Gasteiger partial charge in [-0.15, -0.1) is 0 Å². The van der Waals surface area contributed by atoms with Crippen LogP contribution >= 0.6 is 0 Å². The average molecular weight is 948 g/mol. The Kier molecular flexibility index (Phi) is 53.4. The van der Waals surface area contributed by atoms with Crippen molar-refractivity contribution in [2.45, 2.75) is 277 Å². The Morgan fingerprint density at radius 1 is 0.309 bits per heavy atom. The lowest BCUT2D eigenvalue weighted by Crippen LogP contribution is -2.30. The first kappa shape index (κ1) is 64.6. The third-order valence-electron chi connectivity index (χ3n) is 12.2. The standard InChI is InChI=1S/C62H106O6/c1-4-7-10-13-16-19-22-25-27-29-31-33-34-37-40-43-46-49-52-55-61(64)67-58-59(57-66-60(63)54-51-48-45-42-39-36-24-21-18-15-12-9-6-3)68-62(65)56-53-50-47-44-41-38-35-32-30-28-26-23-20-17-14-11-8-5-2/h9,12,15,18,21,24,29,31-32,35-36,39,42,45,59H,4-8,10-11,13-14,16-17,19-20,22-23,25-28,30,33-34,37-38,40-41,43-44,46-58H2,1-3H3/b12-9+,18-15+,24-21+,31-29+,35-32+,39-36+,45-42+. The Hall–Kier alpha value is -3.41. The van der Waals surface area contributed by atoms with Crippen LogP contribution in [0.5, 0.6) is 0 Å². The molecular formula is C62H106O6. The van der Waals surface area contributed by atoms with E-state index >= 15 is 0 Å². The molecule has 0 heterocycles. The number of rotatable bonds is 51. The number of hydrogen-bond acceptors (Lipinski definition) is 6. The van der Waals surface area contributed by atoms with Crippen LogP contribution in [0.2, 0.25) is 0 Å². The van der Waals surface area contributed by atoms with Gasteiger partial charge in [-0.05, 0) is 83.5 Å². The van der Waals surface area contributed by atoms with Gasteiger partial charge >= 0.3 is 17.9 Å². The predicted octanol–water partition coefficient (Wildman–Crippen LogP) is 19.2. The number of hydrogen-bond donors (Lipinski definition) is 0. The SMILES string of the molecule is CC/C=C/C=C/C=C/C=C/C=C/CCCC(=O)OCC(COC(=O)CCCCCCCCC/C=C/CCCCCCCCCC)OC(=O)CCCCCCC/C=C/CCCCCCCCCCC. The molecule has 0 fully saturated rings.